The molecule has 16 heavy (non-hydrogen) atoms. The van der Waals surface area contributed by atoms with Crippen LogP contribution in [0.2, 0.25) is 0 Å². The van der Waals surface area contributed by atoms with E-state index in [0.29, 0.717) is 11.5 Å². The van der Waals surface area contributed by atoms with Gasteiger partial charge < -0.3 is 10.1 Å². The zero-order valence-electron chi connectivity index (χ0n) is 10.3. The maximum absolute atomic E-state index is 11.8. The lowest BCUT2D eigenvalue weighted by atomic mass is 10.1. The Kier molecular flexibility index (Phi) is 4.35. The fourth-order valence-electron chi connectivity index (χ4n) is 1.20. The highest BCUT2D eigenvalue weighted by Gasteiger charge is 2.12. The zero-order chi connectivity index (χ0) is 12.1. The number of hydrogen-bond acceptors (Lipinski definition) is 2. The minimum absolute atomic E-state index is 0.0381. The lowest BCUT2D eigenvalue weighted by molar-refractivity contribution is 0.0930. The molecule has 3 heteroatoms. The van der Waals surface area contributed by atoms with Gasteiger partial charge in [0.2, 0.25) is 0 Å². The normalized spacial score (nSPS) is 12.3. The predicted molar refractivity (Wildman–Crippen MR) is 64.8 cm³/mol. The molecule has 3 nitrogen and oxygen atoms in total. The van der Waals surface area contributed by atoms with E-state index >= 15 is 0 Å². The number of methoxy groups -OCH3 is 1. The molecule has 0 radical (unpaired) electrons. The molecule has 1 amide bonds. The molecule has 0 heterocycles. The summed E-state index contributed by atoms with van der Waals surface area (Å²) in [7, 11) is 1.61. The number of hydrogen-bond donors (Lipinski definition) is 1. The van der Waals surface area contributed by atoms with Crippen molar-refractivity contribution in [3.63, 3.8) is 0 Å². The quantitative estimate of drug-likeness (QED) is 0.848. The third kappa shape index (κ3) is 3.26. The number of rotatable bonds is 4. The summed E-state index contributed by atoms with van der Waals surface area (Å²) in [4.78, 5) is 11.8. The summed E-state index contributed by atoms with van der Waals surface area (Å²) < 4.78 is 5.04. The standard InChI is InChI=1S/C13H19NO2/c1-9(2)10(3)14-13(15)11-5-7-12(16-4)8-6-11/h5-10H,1-4H3,(H,14,15)/t10-/m0/s1. The molecule has 0 aliphatic heterocycles. The van der Waals surface area contributed by atoms with Gasteiger partial charge in [-0.05, 0) is 37.1 Å². The molecule has 0 bridgehead atoms. The molecule has 0 spiro atoms. The summed E-state index contributed by atoms with van der Waals surface area (Å²) in [6.45, 7) is 6.17. The first-order valence-corrected chi connectivity index (χ1v) is 5.49. The van der Waals surface area contributed by atoms with Gasteiger partial charge in [0.05, 0.1) is 7.11 Å². The first kappa shape index (κ1) is 12.6. The maximum atomic E-state index is 11.8. The van der Waals surface area contributed by atoms with Crippen LogP contribution >= 0.6 is 0 Å². The first-order chi connectivity index (χ1) is 7.54. The SMILES string of the molecule is COc1ccc(C(=O)N[C@@H](C)C(C)C)cc1. The van der Waals surface area contributed by atoms with Crippen molar-refractivity contribution in [2.75, 3.05) is 7.11 Å². The Balaban J connectivity index is 2.66. The van der Waals surface area contributed by atoms with E-state index in [4.69, 9.17) is 4.74 Å². The first-order valence-electron chi connectivity index (χ1n) is 5.49. The highest BCUT2D eigenvalue weighted by Crippen LogP contribution is 2.11. The van der Waals surface area contributed by atoms with Gasteiger partial charge in [-0.2, -0.15) is 0 Å². The Hall–Kier alpha value is -1.51. The van der Waals surface area contributed by atoms with Crippen LogP contribution in [-0.4, -0.2) is 19.1 Å². The van der Waals surface area contributed by atoms with Gasteiger partial charge in [-0.3, -0.25) is 4.79 Å². The summed E-state index contributed by atoms with van der Waals surface area (Å²) >= 11 is 0. The minimum atomic E-state index is -0.0381. The van der Waals surface area contributed by atoms with Crippen molar-refractivity contribution in [2.24, 2.45) is 5.92 Å². The Morgan fingerprint density at radius 3 is 2.19 bits per heavy atom. The lowest BCUT2D eigenvalue weighted by Gasteiger charge is -2.17. The molecule has 1 atom stereocenters. The molecule has 0 saturated heterocycles. The van der Waals surface area contributed by atoms with Gasteiger partial charge in [-0.1, -0.05) is 13.8 Å². The molecule has 0 aromatic heterocycles. The molecule has 1 rings (SSSR count). The van der Waals surface area contributed by atoms with Gasteiger partial charge in [0.25, 0.3) is 5.91 Å². The highest BCUT2D eigenvalue weighted by molar-refractivity contribution is 5.94. The summed E-state index contributed by atoms with van der Waals surface area (Å²) in [6, 6.07) is 7.28. The van der Waals surface area contributed by atoms with E-state index in [1.54, 1.807) is 31.4 Å². The number of ether oxygens (including phenoxy) is 1. The number of nitrogens with one attached hydrogen (secondary N) is 1. The molecule has 0 saturated carbocycles. The molecule has 1 aromatic carbocycles. The summed E-state index contributed by atoms with van der Waals surface area (Å²) in [5.74, 6) is 1.15. The van der Waals surface area contributed by atoms with E-state index < -0.39 is 0 Å². The fourth-order valence-corrected chi connectivity index (χ4v) is 1.20. The van der Waals surface area contributed by atoms with E-state index in [0.717, 1.165) is 5.75 Å². The summed E-state index contributed by atoms with van der Waals surface area (Å²) in [6.07, 6.45) is 0. The molecule has 0 fully saturated rings. The Morgan fingerprint density at radius 1 is 1.19 bits per heavy atom. The number of carbonyl (C=O) groups excluding carboxylic acids is 1. The van der Waals surface area contributed by atoms with E-state index in [9.17, 15) is 4.79 Å². The number of benzene rings is 1. The number of carbonyl (C=O) groups is 1. The topological polar surface area (TPSA) is 38.3 Å². The number of amides is 1. The summed E-state index contributed by atoms with van der Waals surface area (Å²) in [5.41, 5.74) is 0.660. The molecular formula is C13H19NO2. The van der Waals surface area contributed by atoms with Gasteiger partial charge in [-0.15, -0.1) is 0 Å². The van der Waals surface area contributed by atoms with Gasteiger partial charge in [-0.25, -0.2) is 0 Å². The van der Waals surface area contributed by atoms with Crippen molar-refractivity contribution in [3.05, 3.63) is 29.8 Å². The van der Waals surface area contributed by atoms with E-state index in [-0.39, 0.29) is 11.9 Å². The van der Waals surface area contributed by atoms with E-state index in [2.05, 4.69) is 19.2 Å². The lowest BCUT2D eigenvalue weighted by Crippen LogP contribution is -2.36. The third-order valence-corrected chi connectivity index (χ3v) is 2.71. The molecular weight excluding hydrogens is 202 g/mol. The summed E-state index contributed by atoms with van der Waals surface area (Å²) in [5, 5.41) is 2.95. The van der Waals surface area contributed by atoms with Crippen molar-refractivity contribution < 1.29 is 9.53 Å². The van der Waals surface area contributed by atoms with Crippen LogP contribution in [0.1, 0.15) is 31.1 Å². The van der Waals surface area contributed by atoms with Crippen LogP contribution in [0.5, 0.6) is 5.75 Å². The largest absolute Gasteiger partial charge is 0.497 e. The van der Waals surface area contributed by atoms with Gasteiger partial charge in [0.1, 0.15) is 5.75 Å². The highest BCUT2D eigenvalue weighted by atomic mass is 16.5. The zero-order valence-corrected chi connectivity index (χ0v) is 10.3. The predicted octanol–water partition coefficient (Wildman–Crippen LogP) is 2.47. The van der Waals surface area contributed by atoms with Crippen molar-refractivity contribution in [1.82, 2.24) is 5.32 Å². The minimum Gasteiger partial charge on any atom is -0.497 e. The van der Waals surface area contributed by atoms with Crippen LogP contribution in [0.25, 0.3) is 0 Å². The Morgan fingerprint density at radius 2 is 1.75 bits per heavy atom. The fraction of sp³-hybridized carbons (Fsp3) is 0.462. The van der Waals surface area contributed by atoms with Gasteiger partial charge >= 0.3 is 0 Å². The average molecular weight is 221 g/mol. The smallest absolute Gasteiger partial charge is 0.251 e. The van der Waals surface area contributed by atoms with Crippen molar-refractivity contribution in [2.45, 2.75) is 26.8 Å². The molecule has 1 N–H and O–H groups in total. The maximum Gasteiger partial charge on any atom is 0.251 e. The van der Waals surface area contributed by atoms with Crippen LogP contribution in [0.15, 0.2) is 24.3 Å². The van der Waals surface area contributed by atoms with Gasteiger partial charge in [0, 0.05) is 11.6 Å². The second-order valence-electron chi connectivity index (χ2n) is 4.23. The van der Waals surface area contributed by atoms with E-state index in [1.165, 1.54) is 0 Å². The van der Waals surface area contributed by atoms with Crippen LogP contribution < -0.4 is 10.1 Å². The van der Waals surface area contributed by atoms with Crippen molar-refractivity contribution in [1.29, 1.82) is 0 Å². The average Bonchev–Trinajstić information content (AvgIpc) is 2.28. The van der Waals surface area contributed by atoms with E-state index in [1.807, 2.05) is 6.92 Å². The van der Waals surface area contributed by atoms with Crippen molar-refractivity contribution in [3.8, 4) is 5.75 Å². The second-order valence-corrected chi connectivity index (χ2v) is 4.23. The molecule has 0 aliphatic carbocycles. The third-order valence-electron chi connectivity index (χ3n) is 2.71. The Labute approximate surface area is 96.8 Å². The second kappa shape index (κ2) is 5.54. The van der Waals surface area contributed by atoms with Crippen LogP contribution in [-0.2, 0) is 0 Å². The Bertz CT molecular complexity index is 343. The van der Waals surface area contributed by atoms with Crippen LogP contribution in [0, 0.1) is 5.92 Å². The molecule has 1 aromatic rings. The molecule has 0 aliphatic rings. The monoisotopic (exact) mass is 221 g/mol. The molecule has 88 valence electrons. The van der Waals surface area contributed by atoms with Gasteiger partial charge in [0.15, 0.2) is 0 Å². The molecule has 0 unspecified atom stereocenters. The van der Waals surface area contributed by atoms with Crippen molar-refractivity contribution >= 4 is 5.91 Å². The van der Waals surface area contributed by atoms with Crippen LogP contribution in [0.3, 0.4) is 0 Å². The van der Waals surface area contributed by atoms with Crippen LogP contribution in [0.4, 0.5) is 0 Å².